The van der Waals surface area contributed by atoms with Crippen LogP contribution in [0.5, 0.6) is 5.75 Å². The molecule has 0 aliphatic carbocycles. The Balaban J connectivity index is 3.23. The quantitative estimate of drug-likeness (QED) is 0.629. The average molecular weight is 255 g/mol. The molecule has 0 spiro atoms. The molecule has 0 amide bonds. The van der Waals surface area contributed by atoms with Gasteiger partial charge in [0, 0.05) is 18.3 Å². The molecule has 1 aromatic rings. The Kier molecular flexibility index (Phi) is 4.40. The molecule has 0 aliphatic rings. The molecule has 5 heteroatoms. The lowest BCUT2D eigenvalue weighted by molar-refractivity contribution is 0.403. The zero-order chi connectivity index (χ0) is 13.0. The Morgan fingerprint density at radius 1 is 1.47 bits per heavy atom. The molecule has 0 bridgehead atoms. The lowest BCUT2D eigenvalue weighted by Gasteiger charge is -2.10. The molecule has 3 N–H and O–H groups in total. The first-order chi connectivity index (χ1) is 8.01. The number of phenolic OH excluding ortho intramolecular Hbond substituents is 1. The summed E-state index contributed by atoms with van der Waals surface area (Å²) in [5, 5.41) is 9.58. The smallest absolute Gasteiger partial charge is 0.213 e. The topological polar surface area (TPSA) is 67.8 Å². The first kappa shape index (κ1) is 13.4. The van der Waals surface area contributed by atoms with Crippen LogP contribution in [0.1, 0.15) is 12.5 Å². The fourth-order valence-corrected chi connectivity index (χ4v) is 1.60. The molecule has 0 aromatic heterocycles. The van der Waals surface area contributed by atoms with Crippen LogP contribution in [0.3, 0.4) is 0 Å². The molecule has 1 aromatic carbocycles. The Morgan fingerprint density at radius 3 is 2.59 bits per heavy atom. The van der Waals surface area contributed by atoms with Crippen molar-refractivity contribution < 1.29 is 9.84 Å². The minimum atomic E-state index is 0.0250. The van der Waals surface area contributed by atoms with Gasteiger partial charge in [0.1, 0.15) is 5.75 Å². The van der Waals surface area contributed by atoms with E-state index in [4.69, 9.17) is 22.1 Å². The van der Waals surface area contributed by atoms with Crippen LogP contribution in [0.4, 0.5) is 0 Å². The monoisotopic (exact) mass is 254 g/mol. The van der Waals surface area contributed by atoms with Crippen molar-refractivity contribution in [1.82, 2.24) is 0 Å². The predicted molar refractivity (Wildman–Crippen MR) is 70.3 cm³/mol. The van der Waals surface area contributed by atoms with Crippen molar-refractivity contribution in [3.63, 3.8) is 0 Å². The second-order valence-corrected chi connectivity index (χ2v) is 3.84. The lowest BCUT2D eigenvalue weighted by atomic mass is 10.1. The van der Waals surface area contributed by atoms with Crippen molar-refractivity contribution in [2.24, 2.45) is 10.7 Å². The van der Waals surface area contributed by atoms with Crippen LogP contribution in [0, 0.1) is 0 Å². The lowest BCUT2D eigenvalue weighted by Crippen LogP contribution is -2.10. The molecule has 0 radical (unpaired) electrons. The van der Waals surface area contributed by atoms with Gasteiger partial charge in [-0.1, -0.05) is 11.6 Å². The highest BCUT2D eigenvalue weighted by Gasteiger charge is 2.09. The third kappa shape index (κ3) is 2.91. The number of benzene rings is 1. The fraction of sp³-hybridized carbons (Fsp3) is 0.250. The molecule has 0 unspecified atom stereocenters. The van der Waals surface area contributed by atoms with Crippen molar-refractivity contribution in [3.05, 3.63) is 34.4 Å². The normalized spacial score (nSPS) is 13.3. The molecule has 0 heterocycles. The Morgan fingerprint density at radius 2 is 2.12 bits per heavy atom. The molecule has 0 fully saturated rings. The summed E-state index contributed by atoms with van der Waals surface area (Å²) in [6.45, 7) is 1.81. The maximum Gasteiger partial charge on any atom is 0.213 e. The van der Waals surface area contributed by atoms with E-state index in [0.717, 1.165) is 5.57 Å². The number of aromatic hydroxyl groups is 1. The number of rotatable bonds is 2. The number of aliphatic imine (C=N–C) groups is 1. The van der Waals surface area contributed by atoms with Gasteiger partial charge in [-0.2, -0.15) is 0 Å². The SMILES string of the molecule is CN=C(OC)C(C)=C(N)c1ccc(O)c(Cl)c1. The first-order valence-corrected chi connectivity index (χ1v) is 5.35. The van der Waals surface area contributed by atoms with E-state index in [1.54, 1.807) is 19.2 Å². The van der Waals surface area contributed by atoms with Crippen molar-refractivity contribution in [2.45, 2.75) is 6.92 Å². The standard InChI is InChI=1S/C12H15ClN2O2/c1-7(12(15-2)17-3)11(14)8-4-5-10(16)9(13)6-8/h4-6,16H,14H2,1-3H3. The number of phenols is 1. The van der Waals surface area contributed by atoms with Crippen LogP contribution >= 0.6 is 11.6 Å². The van der Waals surface area contributed by atoms with Crippen molar-refractivity contribution in [1.29, 1.82) is 0 Å². The van der Waals surface area contributed by atoms with Gasteiger partial charge >= 0.3 is 0 Å². The number of nitrogens with two attached hydrogens (primary N) is 1. The van der Waals surface area contributed by atoms with Crippen LogP contribution in [0.15, 0.2) is 28.8 Å². The number of halogens is 1. The third-order valence-corrected chi connectivity index (χ3v) is 2.68. The number of hydrogen-bond donors (Lipinski definition) is 2. The van der Waals surface area contributed by atoms with Crippen LogP contribution in [-0.4, -0.2) is 25.2 Å². The molecule has 0 saturated heterocycles. The van der Waals surface area contributed by atoms with E-state index in [9.17, 15) is 5.11 Å². The van der Waals surface area contributed by atoms with Gasteiger partial charge in [-0.15, -0.1) is 0 Å². The van der Waals surface area contributed by atoms with Gasteiger partial charge in [-0.05, 0) is 30.7 Å². The zero-order valence-electron chi connectivity index (χ0n) is 9.99. The highest BCUT2D eigenvalue weighted by molar-refractivity contribution is 6.32. The Labute approximate surface area is 105 Å². The second kappa shape index (κ2) is 5.59. The van der Waals surface area contributed by atoms with E-state index in [0.29, 0.717) is 17.2 Å². The van der Waals surface area contributed by atoms with Crippen molar-refractivity contribution in [3.8, 4) is 5.75 Å². The van der Waals surface area contributed by atoms with Crippen LogP contribution < -0.4 is 5.73 Å². The summed E-state index contributed by atoms with van der Waals surface area (Å²) in [6, 6.07) is 4.77. The molecule has 0 aliphatic heterocycles. The molecule has 1 rings (SSSR count). The number of hydrogen-bond acceptors (Lipinski definition) is 4. The van der Waals surface area contributed by atoms with E-state index in [2.05, 4.69) is 4.99 Å². The minimum absolute atomic E-state index is 0.0250. The molecule has 4 nitrogen and oxygen atoms in total. The number of ether oxygens (including phenoxy) is 1. The zero-order valence-corrected chi connectivity index (χ0v) is 10.7. The fourth-order valence-electron chi connectivity index (χ4n) is 1.42. The Hall–Kier alpha value is -1.68. The highest BCUT2D eigenvalue weighted by atomic mass is 35.5. The Bertz CT molecular complexity index is 481. The van der Waals surface area contributed by atoms with Gasteiger partial charge in [-0.25, -0.2) is 0 Å². The van der Waals surface area contributed by atoms with Crippen molar-refractivity contribution in [2.75, 3.05) is 14.2 Å². The summed E-state index contributed by atoms with van der Waals surface area (Å²) in [5.41, 5.74) is 7.93. The molecule has 92 valence electrons. The minimum Gasteiger partial charge on any atom is -0.506 e. The molecule has 17 heavy (non-hydrogen) atoms. The van der Waals surface area contributed by atoms with Gasteiger partial charge in [0.05, 0.1) is 12.1 Å². The van der Waals surface area contributed by atoms with E-state index < -0.39 is 0 Å². The first-order valence-electron chi connectivity index (χ1n) is 4.97. The molecule has 0 atom stereocenters. The summed E-state index contributed by atoms with van der Waals surface area (Å²) in [6.07, 6.45) is 0. The summed E-state index contributed by atoms with van der Waals surface area (Å²) in [5.74, 6) is 0.490. The van der Waals surface area contributed by atoms with E-state index in [1.165, 1.54) is 13.2 Å². The van der Waals surface area contributed by atoms with Gasteiger partial charge in [-0.3, -0.25) is 4.99 Å². The van der Waals surface area contributed by atoms with E-state index in [1.807, 2.05) is 6.92 Å². The van der Waals surface area contributed by atoms with E-state index >= 15 is 0 Å². The average Bonchev–Trinajstić information content (AvgIpc) is 2.33. The maximum atomic E-state index is 9.33. The molecular formula is C12H15ClN2O2. The van der Waals surface area contributed by atoms with Crippen LogP contribution in [0.25, 0.3) is 5.70 Å². The molecular weight excluding hydrogens is 240 g/mol. The van der Waals surface area contributed by atoms with Gasteiger partial charge in [0.2, 0.25) is 5.90 Å². The van der Waals surface area contributed by atoms with Gasteiger partial charge in [0.25, 0.3) is 0 Å². The van der Waals surface area contributed by atoms with Crippen LogP contribution in [-0.2, 0) is 4.74 Å². The van der Waals surface area contributed by atoms with Crippen molar-refractivity contribution >= 4 is 23.2 Å². The highest BCUT2D eigenvalue weighted by Crippen LogP contribution is 2.26. The third-order valence-electron chi connectivity index (χ3n) is 2.38. The van der Waals surface area contributed by atoms with Gasteiger partial charge in [0.15, 0.2) is 0 Å². The number of methoxy groups -OCH3 is 1. The molecule has 0 saturated carbocycles. The van der Waals surface area contributed by atoms with Gasteiger partial charge < -0.3 is 15.6 Å². The summed E-state index contributed by atoms with van der Waals surface area (Å²) in [4.78, 5) is 3.97. The summed E-state index contributed by atoms with van der Waals surface area (Å²) < 4.78 is 5.09. The summed E-state index contributed by atoms with van der Waals surface area (Å²) >= 11 is 5.82. The maximum absolute atomic E-state index is 9.33. The predicted octanol–water partition coefficient (Wildman–Crippen LogP) is 2.41. The summed E-state index contributed by atoms with van der Waals surface area (Å²) in [7, 11) is 3.16. The van der Waals surface area contributed by atoms with Crippen LogP contribution in [0.2, 0.25) is 5.02 Å². The number of nitrogens with zero attached hydrogens (tertiary/aromatic N) is 1. The largest absolute Gasteiger partial charge is 0.506 e. The second-order valence-electron chi connectivity index (χ2n) is 3.44. The van der Waals surface area contributed by atoms with E-state index in [-0.39, 0.29) is 10.8 Å².